The summed E-state index contributed by atoms with van der Waals surface area (Å²) < 4.78 is 0. The van der Waals surface area contributed by atoms with Crippen LogP contribution in [0.15, 0.2) is 48.5 Å². The third kappa shape index (κ3) is 6.28. The number of nitro benzene ring substituents is 1. The summed E-state index contributed by atoms with van der Waals surface area (Å²) in [4.78, 5) is 36.9. The molecule has 0 spiro atoms. The number of urea groups is 1. The van der Waals surface area contributed by atoms with Crippen molar-refractivity contribution in [3.8, 4) is 0 Å². The Bertz CT molecular complexity index is 896. The monoisotopic (exact) mass is 397 g/mol. The summed E-state index contributed by atoms with van der Waals surface area (Å²) in [5, 5.41) is 18.9. The lowest BCUT2D eigenvalue weighted by atomic mass is 10.2. The van der Waals surface area contributed by atoms with Crippen LogP contribution in [-0.4, -0.2) is 41.4 Å². The molecule has 9 heteroatoms. The van der Waals surface area contributed by atoms with E-state index in [9.17, 15) is 19.7 Å². The summed E-state index contributed by atoms with van der Waals surface area (Å²) >= 11 is 0. The largest absolute Gasteiger partial charge is 0.326 e. The summed E-state index contributed by atoms with van der Waals surface area (Å²) in [7, 11) is 0. The molecule has 3 N–H and O–H groups in total. The topological polar surface area (TPSA) is 117 Å². The lowest BCUT2D eigenvalue weighted by molar-refractivity contribution is -0.384. The number of carbonyl (C=O) groups is 2. The van der Waals surface area contributed by atoms with Crippen LogP contribution >= 0.6 is 0 Å². The zero-order valence-electron chi connectivity index (χ0n) is 15.9. The molecule has 0 radical (unpaired) electrons. The molecule has 3 rings (SSSR count). The zero-order valence-corrected chi connectivity index (χ0v) is 15.9. The SMILES string of the molecule is O=C(CCN1CCCC1)Nc1cccc(NC(=O)Nc2cccc([N+](=O)[O-])c2)c1. The number of rotatable bonds is 7. The predicted molar refractivity (Wildman–Crippen MR) is 111 cm³/mol. The van der Waals surface area contributed by atoms with E-state index in [1.807, 2.05) is 0 Å². The molecule has 2 aromatic rings. The van der Waals surface area contributed by atoms with Crippen LogP contribution in [0.1, 0.15) is 19.3 Å². The molecule has 1 aliphatic heterocycles. The van der Waals surface area contributed by atoms with Gasteiger partial charge in [-0.3, -0.25) is 14.9 Å². The van der Waals surface area contributed by atoms with Crippen LogP contribution in [0.3, 0.4) is 0 Å². The van der Waals surface area contributed by atoms with Gasteiger partial charge in [-0.05, 0) is 50.2 Å². The minimum atomic E-state index is -0.539. The Kier molecular flexibility index (Phi) is 6.75. The Morgan fingerprint density at radius 2 is 1.52 bits per heavy atom. The fourth-order valence-electron chi connectivity index (χ4n) is 3.15. The fraction of sp³-hybridized carbons (Fsp3) is 0.300. The Morgan fingerprint density at radius 3 is 2.17 bits per heavy atom. The number of nitro groups is 1. The average molecular weight is 397 g/mol. The lowest BCUT2D eigenvalue weighted by Gasteiger charge is -2.14. The molecule has 0 saturated carbocycles. The van der Waals surface area contributed by atoms with Crippen molar-refractivity contribution in [2.75, 3.05) is 35.6 Å². The summed E-state index contributed by atoms with van der Waals surface area (Å²) in [6, 6.07) is 11.9. The molecule has 1 fully saturated rings. The number of nitrogens with zero attached hydrogens (tertiary/aromatic N) is 2. The van der Waals surface area contributed by atoms with Gasteiger partial charge in [-0.25, -0.2) is 4.79 Å². The van der Waals surface area contributed by atoms with E-state index < -0.39 is 11.0 Å². The van der Waals surface area contributed by atoms with Gasteiger partial charge in [0.15, 0.2) is 0 Å². The van der Waals surface area contributed by atoms with E-state index in [0.29, 0.717) is 23.5 Å². The van der Waals surface area contributed by atoms with Gasteiger partial charge < -0.3 is 20.9 Å². The molecule has 1 heterocycles. The first kappa shape index (κ1) is 20.3. The van der Waals surface area contributed by atoms with Crippen molar-refractivity contribution < 1.29 is 14.5 Å². The number of hydrogen-bond acceptors (Lipinski definition) is 5. The minimum Gasteiger partial charge on any atom is -0.326 e. The van der Waals surface area contributed by atoms with E-state index in [4.69, 9.17) is 0 Å². The Labute approximate surface area is 168 Å². The van der Waals surface area contributed by atoms with E-state index >= 15 is 0 Å². The standard InChI is InChI=1S/C20H23N5O4/c26-19(9-12-24-10-1-2-11-24)21-15-5-3-6-16(13-15)22-20(27)23-17-7-4-8-18(14-17)25(28)29/h3-8,13-14H,1-2,9-12H2,(H,21,26)(H2,22,23,27). The molecule has 0 atom stereocenters. The van der Waals surface area contributed by atoms with Gasteiger partial charge >= 0.3 is 6.03 Å². The number of nitrogens with one attached hydrogen (secondary N) is 3. The van der Waals surface area contributed by atoms with Gasteiger partial charge in [0.2, 0.25) is 5.91 Å². The van der Waals surface area contributed by atoms with Crippen molar-refractivity contribution in [2.45, 2.75) is 19.3 Å². The maximum Gasteiger partial charge on any atom is 0.323 e. The van der Waals surface area contributed by atoms with Crippen molar-refractivity contribution in [3.05, 3.63) is 58.6 Å². The summed E-state index contributed by atoms with van der Waals surface area (Å²) in [5.41, 5.74) is 1.28. The number of benzene rings is 2. The maximum atomic E-state index is 12.2. The molecule has 152 valence electrons. The maximum absolute atomic E-state index is 12.2. The molecule has 0 aromatic heterocycles. The molecule has 29 heavy (non-hydrogen) atoms. The Morgan fingerprint density at radius 1 is 0.931 bits per heavy atom. The van der Waals surface area contributed by atoms with Crippen molar-refractivity contribution in [1.82, 2.24) is 4.90 Å². The van der Waals surface area contributed by atoms with E-state index in [2.05, 4.69) is 20.9 Å². The first-order chi connectivity index (χ1) is 14.0. The smallest absolute Gasteiger partial charge is 0.323 e. The van der Waals surface area contributed by atoms with E-state index in [1.165, 1.54) is 31.0 Å². The van der Waals surface area contributed by atoms with Crippen LogP contribution in [-0.2, 0) is 4.79 Å². The molecule has 0 aliphatic carbocycles. The quantitative estimate of drug-likeness (QED) is 0.487. The van der Waals surface area contributed by atoms with E-state index in [-0.39, 0.29) is 11.6 Å². The van der Waals surface area contributed by atoms with Gasteiger partial charge in [0, 0.05) is 42.2 Å². The van der Waals surface area contributed by atoms with Gasteiger partial charge in [0.1, 0.15) is 0 Å². The first-order valence-electron chi connectivity index (χ1n) is 9.44. The first-order valence-corrected chi connectivity index (χ1v) is 9.44. The van der Waals surface area contributed by atoms with Crippen LogP contribution in [0.2, 0.25) is 0 Å². The van der Waals surface area contributed by atoms with Crippen molar-refractivity contribution >= 4 is 34.7 Å². The van der Waals surface area contributed by atoms with Crippen LogP contribution in [0.5, 0.6) is 0 Å². The second-order valence-corrected chi connectivity index (χ2v) is 6.81. The van der Waals surface area contributed by atoms with Gasteiger partial charge in [-0.1, -0.05) is 12.1 Å². The van der Waals surface area contributed by atoms with Crippen molar-refractivity contribution in [2.24, 2.45) is 0 Å². The molecule has 2 aromatic carbocycles. The van der Waals surface area contributed by atoms with Crippen molar-refractivity contribution in [1.29, 1.82) is 0 Å². The molecule has 3 amide bonds. The third-order valence-corrected chi connectivity index (χ3v) is 4.57. The normalized spacial score (nSPS) is 13.7. The molecule has 0 bridgehead atoms. The van der Waals surface area contributed by atoms with Crippen LogP contribution in [0.25, 0.3) is 0 Å². The highest BCUT2D eigenvalue weighted by atomic mass is 16.6. The average Bonchev–Trinajstić information content (AvgIpc) is 3.20. The lowest BCUT2D eigenvalue weighted by Crippen LogP contribution is -2.25. The van der Waals surface area contributed by atoms with Gasteiger partial charge in [0.05, 0.1) is 4.92 Å². The highest BCUT2D eigenvalue weighted by molar-refractivity contribution is 6.00. The zero-order chi connectivity index (χ0) is 20.6. The second-order valence-electron chi connectivity index (χ2n) is 6.81. The summed E-state index contributed by atoms with van der Waals surface area (Å²) in [6.45, 7) is 2.84. The predicted octanol–water partition coefficient (Wildman–Crippen LogP) is 3.66. The van der Waals surface area contributed by atoms with Crippen molar-refractivity contribution in [3.63, 3.8) is 0 Å². The van der Waals surface area contributed by atoms with Gasteiger partial charge in [-0.15, -0.1) is 0 Å². The number of amides is 3. The number of non-ortho nitro benzene ring substituents is 1. The number of carbonyl (C=O) groups excluding carboxylic acids is 2. The van der Waals surface area contributed by atoms with Crippen LogP contribution in [0, 0.1) is 10.1 Å². The summed E-state index contributed by atoms with van der Waals surface area (Å²) in [5.74, 6) is -0.0740. The third-order valence-electron chi connectivity index (χ3n) is 4.57. The molecular weight excluding hydrogens is 374 g/mol. The summed E-state index contributed by atoms with van der Waals surface area (Å²) in [6.07, 6.45) is 2.80. The number of anilines is 3. The molecule has 1 saturated heterocycles. The Hall–Kier alpha value is -3.46. The van der Waals surface area contributed by atoms with Crippen LogP contribution < -0.4 is 16.0 Å². The number of likely N-dealkylation sites (tertiary alicyclic amines) is 1. The minimum absolute atomic E-state index is 0.0740. The molecule has 1 aliphatic rings. The molecular formula is C20H23N5O4. The van der Waals surface area contributed by atoms with E-state index in [1.54, 1.807) is 30.3 Å². The van der Waals surface area contributed by atoms with Gasteiger partial charge in [0.25, 0.3) is 5.69 Å². The Balaban J connectivity index is 1.52. The second kappa shape index (κ2) is 9.65. The highest BCUT2D eigenvalue weighted by Gasteiger charge is 2.13. The van der Waals surface area contributed by atoms with Crippen LogP contribution in [0.4, 0.5) is 27.5 Å². The highest BCUT2D eigenvalue weighted by Crippen LogP contribution is 2.19. The fourth-order valence-corrected chi connectivity index (χ4v) is 3.15. The number of hydrogen-bond donors (Lipinski definition) is 3. The van der Waals surface area contributed by atoms with Gasteiger partial charge in [-0.2, -0.15) is 0 Å². The molecule has 0 unspecified atom stereocenters. The van der Waals surface area contributed by atoms with E-state index in [0.717, 1.165) is 19.6 Å². The molecule has 9 nitrogen and oxygen atoms in total.